The summed E-state index contributed by atoms with van der Waals surface area (Å²) in [4.78, 5) is 19.7. The third-order valence-electron chi connectivity index (χ3n) is 6.45. The molecule has 1 saturated carbocycles. The molecule has 1 N–H and O–H groups in total. The first-order chi connectivity index (χ1) is 14.2. The molecule has 1 saturated heterocycles. The highest BCUT2D eigenvalue weighted by Gasteiger charge is 2.33. The summed E-state index contributed by atoms with van der Waals surface area (Å²) < 4.78 is 5.25. The second-order valence-corrected chi connectivity index (χ2v) is 8.33. The van der Waals surface area contributed by atoms with Crippen molar-refractivity contribution in [1.29, 1.82) is 0 Å². The average molecular weight is 394 g/mol. The van der Waals surface area contributed by atoms with Gasteiger partial charge in [0.05, 0.1) is 18.8 Å². The van der Waals surface area contributed by atoms with Crippen LogP contribution in [0.1, 0.15) is 49.4 Å². The van der Waals surface area contributed by atoms with E-state index in [1.165, 1.54) is 12.0 Å². The molecule has 1 unspecified atom stereocenters. The van der Waals surface area contributed by atoms with Crippen LogP contribution in [-0.2, 0) is 11.3 Å². The van der Waals surface area contributed by atoms with Crippen LogP contribution in [0.2, 0.25) is 0 Å². The van der Waals surface area contributed by atoms with Crippen molar-refractivity contribution in [1.82, 2.24) is 15.2 Å². The fourth-order valence-electron chi connectivity index (χ4n) is 4.37. The second-order valence-electron chi connectivity index (χ2n) is 8.33. The lowest BCUT2D eigenvalue weighted by Crippen LogP contribution is -2.43. The second kappa shape index (κ2) is 9.40. The first-order valence-electron chi connectivity index (χ1n) is 10.8. The van der Waals surface area contributed by atoms with Gasteiger partial charge in [-0.15, -0.1) is 0 Å². The number of likely N-dealkylation sites (tertiary alicyclic amines) is 1. The lowest BCUT2D eigenvalue weighted by atomic mass is 9.83. The molecule has 154 valence electrons. The maximum Gasteiger partial charge on any atom is 0.223 e. The van der Waals surface area contributed by atoms with Gasteiger partial charge in [-0.3, -0.25) is 14.7 Å². The van der Waals surface area contributed by atoms with Crippen LogP contribution in [0.3, 0.4) is 0 Å². The van der Waals surface area contributed by atoms with Gasteiger partial charge in [0.2, 0.25) is 5.91 Å². The van der Waals surface area contributed by atoms with Crippen molar-refractivity contribution in [3.63, 3.8) is 0 Å². The number of aromatic nitrogens is 1. The van der Waals surface area contributed by atoms with Crippen molar-refractivity contribution < 1.29 is 9.53 Å². The van der Waals surface area contributed by atoms with Crippen LogP contribution >= 0.6 is 0 Å². The Morgan fingerprint density at radius 2 is 1.90 bits per heavy atom. The molecular weight excluding hydrogens is 362 g/mol. The Balaban J connectivity index is 1.37. The minimum Gasteiger partial charge on any atom is -0.497 e. The largest absolute Gasteiger partial charge is 0.497 e. The molecule has 1 aliphatic heterocycles. The van der Waals surface area contributed by atoms with E-state index >= 15 is 0 Å². The average Bonchev–Trinajstić information content (AvgIpc) is 2.73. The van der Waals surface area contributed by atoms with E-state index in [0.717, 1.165) is 56.8 Å². The molecule has 1 atom stereocenters. The number of carbonyl (C=O) groups excluding carboxylic acids is 1. The summed E-state index contributed by atoms with van der Waals surface area (Å²) in [6.45, 7) is 3.04. The molecule has 2 fully saturated rings. The van der Waals surface area contributed by atoms with Gasteiger partial charge in [0.1, 0.15) is 5.75 Å². The topological polar surface area (TPSA) is 54.5 Å². The van der Waals surface area contributed by atoms with Crippen LogP contribution in [-0.4, -0.2) is 36.0 Å². The number of carbonyl (C=O) groups is 1. The number of hydrogen-bond donors (Lipinski definition) is 1. The minimum atomic E-state index is 0.0208. The lowest BCUT2D eigenvalue weighted by molar-refractivity contribution is -0.128. The van der Waals surface area contributed by atoms with E-state index in [2.05, 4.69) is 33.4 Å². The van der Waals surface area contributed by atoms with Crippen molar-refractivity contribution >= 4 is 5.91 Å². The molecule has 2 aromatic rings. The number of hydrogen-bond acceptors (Lipinski definition) is 4. The van der Waals surface area contributed by atoms with Gasteiger partial charge in [-0.25, -0.2) is 0 Å². The molecule has 0 radical (unpaired) electrons. The summed E-state index contributed by atoms with van der Waals surface area (Å²) in [5, 5.41) is 3.35. The number of ether oxygens (including phenoxy) is 1. The summed E-state index contributed by atoms with van der Waals surface area (Å²) in [7, 11) is 1.70. The van der Waals surface area contributed by atoms with Gasteiger partial charge >= 0.3 is 0 Å². The Labute approximate surface area is 173 Å². The number of nitrogens with one attached hydrogen (secondary N) is 1. The van der Waals surface area contributed by atoms with Gasteiger partial charge in [-0.2, -0.15) is 0 Å². The third-order valence-corrected chi connectivity index (χ3v) is 6.45. The monoisotopic (exact) mass is 393 g/mol. The highest BCUT2D eigenvalue weighted by Crippen LogP contribution is 2.33. The maximum absolute atomic E-state index is 12.6. The molecule has 5 nitrogen and oxygen atoms in total. The summed E-state index contributed by atoms with van der Waals surface area (Å²) in [5.41, 5.74) is 2.30. The van der Waals surface area contributed by atoms with E-state index in [9.17, 15) is 4.79 Å². The van der Waals surface area contributed by atoms with Crippen LogP contribution in [0.5, 0.6) is 5.75 Å². The van der Waals surface area contributed by atoms with Crippen LogP contribution in [0.4, 0.5) is 0 Å². The molecular formula is C24H31N3O2. The normalized spacial score (nSPS) is 19.3. The van der Waals surface area contributed by atoms with Crippen LogP contribution in [0.25, 0.3) is 0 Å². The molecule has 1 amide bonds. The van der Waals surface area contributed by atoms with Gasteiger partial charge in [0.25, 0.3) is 0 Å². The number of benzene rings is 1. The molecule has 1 aromatic heterocycles. The molecule has 0 bridgehead atoms. The van der Waals surface area contributed by atoms with Gasteiger partial charge in [0.15, 0.2) is 0 Å². The van der Waals surface area contributed by atoms with E-state index in [1.807, 2.05) is 30.5 Å². The molecule has 29 heavy (non-hydrogen) atoms. The quantitative estimate of drug-likeness (QED) is 0.774. The third kappa shape index (κ3) is 4.96. The van der Waals surface area contributed by atoms with Crippen molar-refractivity contribution in [2.75, 3.05) is 20.2 Å². The molecule has 0 spiro atoms. The van der Waals surface area contributed by atoms with Crippen LogP contribution in [0.15, 0.2) is 48.7 Å². The number of amides is 1. The summed E-state index contributed by atoms with van der Waals surface area (Å²) in [6.07, 6.45) is 7.21. The van der Waals surface area contributed by atoms with Crippen molar-refractivity contribution in [2.45, 2.75) is 44.7 Å². The number of methoxy groups -OCH3 is 1. The molecule has 1 aromatic carbocycles. The highest BCUT2D eigenvalue weighted by molar-refractivity contribution is 5.79. The number of nitrogens with zero attached hydrogens (tertiary/aromatic N) is 2. The fraction of sp³-hybridized carbons (Fsp3) is 0.500. The molecule has 2 heterocycles. The Hall–Kier alpha value is -2.40. The van der Waals surface area contributed by atoms with E-state index in [-0.39, 0.29) is 17.9 Å². The number of rotatable bonds is 7. The van der Waals surface area contributed by atoms with Crippen molar-refractivity contribution in [3.05, 3.63) is 59.9 Å². The van der Waals surface area contributed by atoms with Gasteiger partial charge < -0.3 is 10.1 Å². The van der Waals surface area contributed by atoms with Gasteiger partial charge in [-0.1, -0.05) is 24.6 Å². The van der Waals surface area contributed by atoms with E-state index in [1.54, 1.807) is 7.11 Å². The predicted octanol–water partition coefficient (Wildman–Crippen LogP) is 3.96. The molecule has 5 heteroatoms. The zero-order valence-corrected chi connectivity index (χ0v) is 17.2. The smallest absolute Gasteiger partial charge is 0.223 e. The standard InChI is InChI=1S/C24H31N3O2/c1-29-21-10-8-18(9-11-21)17-27-15-12-19(13-16-27)23(22-7-2-3-14-25-22)26-24(28)20-5-4-6-20/h2-3,7-11,14,19-20,23H,4-6,12-13,15-17H2,1H3,(H,26,28). The Bertz CT molecular complexity index is 782. The minimum absolute atomic E-state index is 0.0208. The maximum atomic E-state index is 12.6. The van der Waals surface area contributed by atoms with Crippen LogP contribution in [0, 0.1) is 11.8 Å². The molecule has 2 aliphatic rings. The fourth-order valence-corrected chi connectivity index (χ4v) is 4.37. The van der Waals surface area contributed by atoms with Gasteiger partial charge in [0, 0.05) is 18.7 Å². The summed E-state index contributed by atoms with van der Waals surface area (Å²) in [6, 6.07) is 14.4. The Kier molecular flexibility index (Phi) is 6.45. The SMILES string of the molecule is COc1ccc(CN2CCC(C(NC(=O)C3CCC3)c3ccccn3)CC2)cc1. The highest BCUT2D eigenvalue weighted by atomic mass is 16.5. The Morgan fingerprint density at radius 3 is 2.48 bits per heavy atom. The summed E-state index contributed by atoms with van der Waals surface area (Å²) >= 11 is 0. The predicted molar refractivity (Wildman–Crippen MR) is 113 cm³/mol. The molecule has 4 rings (SSSR count). The molecule has 1 aliphatic carbocycles. The Morgan fingerprint density at radius 1 is 1.14 bits per heavy atom. The number of piperidine rings is 1. The zero-order valence-electron chi connectivity index (χ0n) is 17.2. The van der Waals surface area contributed by atoms with Crippen LogP contribution < -0.4 is 10.1 Å². The van der Waals surface area contributed by atoms with Crippen molar-refractivity contribution in [3.8, 4) is 5.75 Å². The summed E-state index contributed by atoms with van der Waals surface area (Å²) in [5.74, 6) is 1.75. The zero-order chi connectivity index (χ0) is 20.1. The first-order valence-corrected chi connectivity index (χ1v) is 10.8. The lowest BCUT2D eigenvalue weighted by Gasteiger charge is -2.37. The van der Waals surface area contributed by atoms with Gasteiger partial charge in [-0.05, 0) is 74.5 Å². The number of pyridine rings is 1. The van der Waals surface area contributed by atoms with Crippen molar-refractivity contribution in [2.24, 2.45) is 11.8 Å². The van der Waals surface area contributed by atoms with E-state index < -0.39 is 0 Å². The first kappa shape index (κ1) is 19.9. The van der Waals surface area contributed by atoms with E-state index in [4.69, 9.17) is 4.74 Å². The van der Waals surface area contributed by atoms with E-state index in [0.29, 0.717) is 5.92 Å².